The normalized spacial score (nSPS) is 10.8. The second-order valence-corrected chi connectivity index (χ2v) is 4.13. The standard InChI is InChI=1S/C15H14N2O2/c1-2-12-3-7-14(16-11-12)8-4-13-5-9-15(10-6-13)17(18)19/h3-11H,2H2,1H3. The van der Waals surface area contributed by atoms with Crippen molar-refractivity contribution in [3.63, 3.8) is 0 Å². The molecule has 96 valence electrons. The van der Waals surface area contributed by atoms with Crippen LogP contribution in [-0.2, 0) is 6.42 Å². The van der Waals surface area contributed by atoms with Crippen LogP contribution >= 0.6 is 0 Å². The highest BCUT2D eigenvalue weighted by Gasteiger charge is 2.02. The average Bonchev–Trinajstić information content (AvgIpc) is 2.46. The lowest BCUT2D eigenvalue weighted by Crippen LogP contribution is -1.87. The topological polar surface area (TPSA) is 56.0 Å². The molecule has 0 amide bonds. The van der Waals surface area contributed by atoms with E-state index in [1.165, 1.54) is 17.7 Å². The molecule has 2 rings (SSSR count). The van der Waals surface area contributed by atoms with Gasteiger partial charge in [0, 0.05) is 18.3 Å². The molecule has 1 aromatic carbocycles. The fraction of sp³-hybridized carbons (Fsp3) is 0.133. The minimum Gasteiger partial charge on any atom is -0.258 e. The molecule has 19 heavy (non-hydrogen) atoms. The fourth-order valence-corrected chi connectivity index (χ4v) is 1.63. The Hall–Kier alpha value is -2.49. The first kappa shape index (κ1) is 13.0. The maximum Gasteiger partial charge on any atom is 0.269 e. The maximum absolute atomic E-state index is 10.5. The summed E-state index contributed by atoms with van der Waals surface area (Å²) in [5.74, 6) is 0. The summed E-state index contributed by atoms with van der Waals surface area (Å²) in [5.41, 5.74) is 3.08. The van der Waals surface area contributed by atoms with Gasteiger partial charge in [0.25, 0.3) is 5.69 Å². The van der Waals surface area contributed by atoms with Gasteiger partial charge in [0.15, 0.2) is 0 Å². The average molecular weight is 254 g/mol. The summed E-state index contributed by atoms with van der Waals surface area (Å²) in [6, 6.07) is 10.4. The molecule has 1 aromatic heterocycles. The van der Waals surface area contributed by atoms with Crippen LogP contribution in [0.3, 0.4) is 0 Å². The summed E-state index contributed by atoms with van der Waals surface area (Å²) in [4.78, 5) is 14.4. The van der Waals surface area contributed by atoms with Crippen LogP contribution in [0.1, 0.15) is 23.7 Å². The first-order valence-corrected chi connectivity index (χ1v) is 6.06. The Morgan fingerprint density at radius 2 is 1.89 bits per heavy atom. The van der Waals surface area contributed by atoms with Gasteiger partial charge in [0.1, 0.15) is 0 Å². The number of benzene rings is 1. The Labute approximate surface area is 111 Å². The second-order valence-electron chi connectivity index (χ2n) is 4.13. The first-order chi connectivity index (χ1) is 9.19. The van der Waals surface area contributed by atoms with E-state index in [-0.39, 0.29) is 5.69 Å². The summed E-state index contributed by atoms with van der Waals surface area (Å²) < 4.78 is 0. The molecule has 0 saturated carbocycles. The summed E-state index contributed by atoms with van der Waals surface area (Å²) in [6.07, 6.45) is 6.60. The first-order valence-electron chi connectivity index (χ1n) is 6.06. The number of pyridine rings is 1. The van der Waals surface area contributed by atoms with E-state index >= 15 is 0 Å². The van der Waals surface area contributed by atoms with Crippen LogP contribution in [0, 0.1) is 10.1 Å². The Morgan fingerprint density at radius 1 is 1.16 bits per heavy atom. The molecular weight excluding hydrogens is 240 g/mol. The van der Waals surface area contributed by atoms with Crippen LogP contribution in [0.5, 0.6) is 0 Å². The number of hydrogen-bond acceptors (Lipinski definition) is 3. The predicted molar refractivity (Wildman–Crippen MR) is 75.6 cm³/mol. The van der Waals surface area contributed by atoms with Crippen molar-refractivity contribution in [1.82, 2.24) is 4.98 Å². The van der Waals surface area contributed by atoms with Gasteiger partial charge in [0.05, 0.1) is 10.6 Å². The van der Waals surface area contributed by atoms with Crippen molar-refractivity contribution < 1.29 is 4.92 Å². The predicted octanol–water partition coefficient (Wildman–Crippen LogP) is 3.72. The molecule has 0 aliphatic rings. The number of hydrogen-bond donors (Lipinski definition) is 0. The van der Waals surface area contributed by atoms with Crippen LogP contribution in [-0.4, -0.2) is 9.91 Å². The van der Waals surface area contributed by atoms with Gasteiger partial charge in [0.2, 0.25) is 0 Å². The van der Waals surface area contributed by atoms with Crippen molar-refractivity contribution in [1.29, 1.82) is 0 Å². The second kappa shape index (κ2) is 5.91. The van der Waals surface area contributed by atoms with Crippen molar-refractivity contribution in [2.75, 3.05) is 0 Å². The smallest absolute Gasteiger partial charge is 0.258 e. The van der Waals surface area contributed by atoms with E-state index in [0.717, 1.165) is 17.7 Å². The largest absolute Gasteiger partial charge is 0.269 e. The van der Waals surface area contributed by atoms with Crippen LogP contribution in [0.25, 0.3) is 12.2 Å². The van der Waals surface area contributed by atoms with Crippen LogP contribution < -0.4 is 0 Å². The van der Waals surface area contributed by atoms with E-state index < -0.39 is 4.92 Å². The number of nitro groups is 1. The van der Waals surface area contributed by atoms with Gasteiger partial charge in [-0.2, -0.15) is 0 Å². The molecule has 0 spiro atoms. The van der Waals surface area contributed by atoms with Gasteiger partial charge in [-0.1, -0.05) is 19.1 Å². The zero-order valence-electron chi connectivity index (χ0n) is 10.6. The number of aromatic nitrogens is 1. The zero-order chi connectivity index (χ0) is 13.7. The molecule has 0 bridgehead atoms. The fourth-order valence-electron chi connectivity index (χ4n) is 1.63. The Bertz CT molecular complexity index is 587. The number of rotatable bonds is 4. The van der Waals surface area contributed by atoms with E-state index in [9.17, 15) is 10.1 Å². The van der Waals surface area contributed by atoms with Crippen molar-refractivity contribution in [2.45, 2.75) is 13.3 Å². The van der Waals surface area contributed by atoms with Crippen LogP contribution in [0.4, 0.5) is 5.69 Å². The van der Waals surface area contributed by atoms with Crippen LogP contribution in [0.2, 0.25) is 0 Å². The van der Waals surface area contributed by atoms with Crippen LogP contribution in [0.15, 0.2) is 42.6 Å². The Morgan fingerprint density at radius 3 is 2.42 bits per heavy atom. The molecule has 0 saturated heterocycles. The van der Waals surface area contributed by atoms with Gasteiger partial charge in [-0.3, -0.25) is 15.1 Å². The lowest BCUT2D eigenvalue weighted by Gasteiger charge is -1.97. The molecule has 0 atom stereocenters. The highest BCUT2D eigenvalue weighted by Crippen LogP contribution is 2.14. The van der Waals surface area contributed by atoms with Gasteiger partial charge in [-0.25, -0.2) is 0 Å². The molecule has 2 aromatic rings. The van der Waals surface area contributed by atoms with E-state index in [0.29, 0.717) is 0 Å². The van der Waals surface area contributed by atoms with Gasteiger partial charge in [-0.15, -0.1) is 0 Å². The minimum absolute atomic E-state index is 0.0996. The van der Waals surface area contributed by atoms with Crippen molar-refractivity contribution in [3.05, 3.63) is 69.5 Å². The maximum atomic E-state index is 10.5. The molecule has 0 aliphatic carbocycles. The molecule has 0 unspecified atom stereocenters. The SMILES string of the molecule is CCc1ccc(C=Cc2ccc([N+](=O)[O-])cc2)nc1. The van der Waals surface area contributed by atoms with Crippen molar-refractivity contribution in [2.24, 2.45) is 0 Å². The van der Waals surface area contributed by atoms with E-state index in [1.54, 1.807) is 12.1 Å². The third-order valence-electron chi connectivity index (χ3n) is 2.81. The molecule has 4 nitrogen and oxygen atoms in total. The monoisotopic (exact) mass is 254 g/mol. The number of nitro benzene ring substituents is 1. The zero-order valence-corrected chi connectivity index (χ0v) is 10.6. The van der Waals surface area contributed by atoms with Gasteiger partial charge in [-0.05, 0) is 41.8 Å². The lowest BCUT2D eigenvalue weighted by atomic mass is 10.1. The summed E-state index contributed by atoms with van der Waals surface area (Å²) in [7, 11) is 0. The highest BCUT2D eigenvalue weighted by atomic mass is 16.6. The van der Waals surface area contributed by atoms with Gasteiger partial charge >= 0.3 is 0 Å². The summed E-state index contributed by atoms with van der Waals surface area (Å²) in [6.45, 7) is 2.09. The number of aryl methyl sites for hydroxylation is 1. The molecule has 0 N–H and O–H groups in total. The molecule has 0 aliphatic heterocycles. The molecule has 0 fully saturated rings. The third-order valence-corrected chi connectivity index (χ3v) is 2.81. The van der Waals surface area contributed by atoms with Crippen molar-refractivity contribution in [3.8, 4) is 0 Å². The third kappa shape index (κ3) is 3.48. The molecule has 1 heterocycles. The Kier molecular flexibility index (Phi) is 4.03. The van der Waals surface area contributed by atoms with Crippen molar-refractivity contribution >= 4 is 17.8 Å². The molecule has 0 radical (unpaired) electrons. The van der Waals surface area contributed by atoms with E-state index in [2.05, 4.69) is 11.9 Å². The highest BCUT2D eigenvalue weighted by molar-refractivity contribution is 5.68. The molecule has 4 heteroatoms. The summed E-state index contributed by atoms with van der Waals surface area (Å²) >= 11 is 0. The minimum atomic E-state index is -0.404. The summed E-state index contributed by atoms with van der Waals surface area (Å²) in [5, 5.41) is 10.5. The van der Waals surface area contributed by atoms with E-state index in [4.69, 9.17) is 0 Å². The quantitative estimate of drug-likeness (QED) is 0.617. The number of nitrogens with zero attached hydrogens (tertiary/aromatic N) is 2. The Balaban J connectivity index is 2.10. The van der Waals surface area contributed by atoms with Gasteiger partial charge < -0.3 is 0 Å². The molecular formula is C15H14N2O2. The number of non-ortho nitro benzene ring substituents is 1. The van der Waals surface area contributed by atoms with E-state index in [1.807, 2.05) is 30.5 Å². The lowest BCUT2D eigenvalue weighted by molar-refractivity contribution is -0.384.